The van der Waals surface area contributed by atoms with Gasteiger partial charge in [-0.1, -0.05) is 30.3 Å². The van der Waals surface area contributed by atoms with Crippen LogP contribution in [0.25, 0.3) is 0 Å². The molecule has 2 aliphatic heterocycles. The van der Waals surface area contributed by atoms with Crippen LogP contribution >= 0.6 is 0 Å². The van der Waals surface area contributed by atoms with Crippen molar-refractivity contribution in [2.45, 2.75) is 6.61 Å². The second-order valence-corrected chi connectivity index (χ2v) is 7.26. The van der Waals surface area contributed by atoms with Crippen LogP contribution in [-0.4, -0.2) is 98.1 Å². The lowest BCUT2D eigenvalue weighted by molar-refractivity contribution is -0.120. The van der Waals surface area contributed by atoms with Gasteiger partial charge in [0.2, 0.25) is 11.8 Å². The number of nitrogens with two attached hydrogens (primary N) is 2. The first-order chi connectivity index (χ1) is 14.4. The molecule has 0 atom stereocenters. The van der Waals surface area contributed by atoms with Crippen molar-refractivity contribution in [1.29, 1.82) is 0 Å². The summed E-state index contributed by atoms with van der Waals surface area (Å²) in [5.41, 5.74) is 11.1. The summed E-state index contributed by atoms with van der Waals surface area (Å²) in [7, 11) is 0. The van der Waals surface area contributed by atoms with Crippen molar-refractivity contribution in [3.05, 3.63) is 35.9 Å². The van der Waals surface area contributed by atoms with Crippen molar-refractivity contribution in [3.8, 4) is 0 Å². The highest BCUT2D eigenvalue weighted by Crippen LogP contribution is 2.06. The van der Waals surface area contributed by atoms with Crippen LogP contribution in [0.2, 0.25) is 0 Å². The fourth-order valence-electron chi connectivity index (χ4n) is 3.21. The Morgan fingerprint density at radius 3 is 1.90 bits per heavy atom. The zero-order chi connectivity index (χ0) is 21.8. The summed E-state index contributed by atoms with van der Waals surface area (Å²) in [5, 5.41) is 3.19. The molecule has 2 fully saturated rings. The van der Waals surface area contributed by atoms with Gasteiger partial charge in [0.1, 0.15) is 6.61 Å². The second kappa shape index (κ2) is 12.8. The zero-order valence-electron chi connectivity index (χ0n) is 17.3. The van der Waals surface area contributed by atoms with Crippen LogP contribution in [0.4, 0.5) is 4.79 Å². The van der Waals surface area contributed by atoms with Crippen LogP contribution in [0.1, 0.15) is 5.56 Å². The van der Waals surface area contributed by atoms with E-state index in [-0.39, 0.29) is 31.1 Å². The number of hydrogen-bond acceptors (Lipinski definition) is 7. The molecule has 2 heterocycles. The Kier molecular flexibility index (Phi) is 10.1. The minimum absolute atomic E-state index is 0.234. The maximum absolute atomic E-state index is 11.9. The van der Waals surface area contributed by atoms with Crippen LogP contribution < -0.4 is 16.8 Å². The van der Waals surface area contributed by atoms with Gasteiger partial charge in [-0.2, -0.15) is 0 Å². The molecule has 30 heavy (non-hydrogen) atoms. The monoisotopic (exact) mass is 420 g/mol. The van der Waals surface area contributed by atoms with Crippen LogP contribution in [0.3, 0.4) is 0 Å². The molecular formula is C20H32N6O4. The number of piperazine rings is 2. The average Bonchev–Trinajstić information content (AvgIpc) is 2.74. The van der Waals surface area contributed by atoms with Crippen molar-refractivity contribution in [3.63, 3.8) is 0 Å². The number of benzene rings is 1. The summed E-state index contributed by atoms with van der Waals surface area (Å²) in [5.74, 6) is -0.577. The molecule has 0 spiro atoms. The largest absolute Gasteiger partial charge is 0.445 e. The summed E-state index contributed by atoms with van der Waals surface area (Å²) >= 11 is 0. The van der Waals surface area contributed by atoms with Crippen LogP contribution in [0, 0.1) is 0 Å². The first kappa shape index (κ1) is 23.6. The van der Waals surface area contributed by atoms with Crippen molar-refractivity contribution in [1.82, 2.24) is 20.0 Å². The molecule has 2 aliphatic rings. The average molecular weight is 421 g/mol. The van der Waals surface area contributed by atoms with E-state index in [0.717, 1.165) is 31.7 Å². The minimum Gasteiger partial charge on any atom is -0.445 e. The molecule has 166 valence electrons. The lowest BCUT2D eigenvalue weighted by atomic mass is 10.2. The molecule has 3 rings (SSSR count). The quantitative estimate of drug-likeness (QED) is 0.526. The maximum atomic E-state index is 11.9. The van der Waals surface area contributed by atoms with Crippen LogP contribution in [0.15, 0.2) is 30.3 Å². The van der Waals surface area contributed by atoms with E-state index in [4.69, 9.17) is 16.2 Å². The van der Waals surface area contributed by atoms with Gasteiger partial charge < -0.3 is 26.4 Å². The van der Waals surface area contributed by atoms with Gasteiger partial charge in [-0.05, 0) is 5.56 Å². The number of carbonyl (C=O) groups excluding carboxylic acids is 3. The van der Waals surface area contributed by atoms with E-state index >= 15 is 0 Å². The Hall–Kier alpha value is -2.69. The van der Waals surface area contributed by atoms with Crippen LogP contribution in [-0.2, 0) is 20.9 Å². The highest BCUT2D eigenvalue weighted by Gasteiger charge is 2.22. The number of nitrogens with zero attached hydrogens (tertiary/aromatic N) is 3. The third-order valence-corrected chi connectivity index (χ3v) is 4.80. The SMILES string of the molecule is NC(=O)CN1CCN(C(=O)OCc2ccccc2)CC1.NC(=O)CN1CCNCC1. The topological polar surface area (TPSA) is 134 Å². The Bertz CT molecular complexity index is 673. The van der Waals surface area contributed by atoms with Gasteiger partial charge in [0.25, 0.3) is 0 Å². The maximum Gasteiger partial charge on any atom is 0.410 e. The molecule has 0 unspecified atom stereocenters. The molecule has 0 radical (unpaired) electrons. The number of amides is 3. The smallest absolute Gasteiger partial charge is 0.410 e. The van der Waals surface area contributed by atoms with Gasteiger partial charge >= 0.3 is 6.09 Å². The lowest BCUT2D eigenvalue weighted by Gasteiger charge is -2.33. The zero-order valence-corrected chi connectivity index (χ0v) is 17.3. The van der Waals surface area contributed by atoms with Gasteiger partial charge in [0.15, 0.2) is 0 Å². The number of ether oxygens (including phenoxy) is 1. The standard InChI is InChI=1S/C14H19N3O3.C6H13N3O/c15-13(18)10-16-6-8-17(9-7-16)14(19)20-11-12-4-2-1-3-5-12;7-6(10)5-9-3-1-8-2-4-9/h1-5H,6-11H2,(H2,15,18);8H,1-5H2,(H2,7,10). The van der Waals surface area contributed by atoms with Crippen molar-refractivity contribution >= 4 is 17.9 Å². The second-order valence-electron chi connectivity index (χ2n) is 7.26. The van der Waals surface area contributed by atoms with E-state index in [1.807, 2.05) is 35.2 Å². The van der Waals surface area contributed by atoms with E-state index in [9.17, 15) is 14.4 Å². The van der Waals surface area contributed by atoms with Gasteiger partial charge in [-0.15, -0.1) is 0 Å². The number of nitrogens with one attached hydrogen (secondary N) is 1. The summed E-state index contributed by atoms with van der Waals surface area (Å²) in [6.45, 7) is 7.12. The summed E-state index contributed by atoms with van der Waals surface area (Å²) in [6, 6.07) is 9.57. The van der Waals surface area contributed by atoms with Gasteiger partial charge in [0, 0.05) is 52.4 Å². The van der Waals surface area contributed by atoms with Crippen LogP contribution in [0.5, 0.6) is 0 Å². The first-order valence-corrected chi connectivity index (χ1v) is 10.1. The van der Waals surface area contributed by atoms with Gasteiger partial charge in [-0.3, -0.25) is 19.4 Å². The Morgan fingerprint density at radius 2 is 1.37 bits per heavy atom. The van der Waals surface area contributed by atoms with Gasteiger partial charge in [0.05, 0.1) is 13.1 Å². The Balaban J connectivity index is 0.000000269. The molecule has 0 aromatic heterocycles. The summed E-state index contributed by atoms with van der Waals surface area (Å²) < 4.78 is 5.26. The number of carbonyl (C=O) groups is 3. The summed E-state index contributed by atoms with van der Waals surface area (Å²) in [4.78, 5) is 38.8. The Labute approximate surface area is 177 Å². The highest BCUT2D eigenvalue weighted by atomic mass is 16.6. The number of rotatable bonds is 6. The molecular weight excluding hydrogens is 388 g/mol. The van der Waals surface area contributed by atoms with E-state index in [1.165, 1.54) is 0 Å². The first-order valence-electron chi connectivity index (χ1n) is 10.1. The minimum atomic E-state index is -0.342. The molecule has 0 saturated carbocycles. The van der Waals surface area contributed by atoms with Crippen molar-refractivity contribution in [2.24, 2.45) is 11.5 Å². The number of hydrogen-bond donors (Lipinski definition) is 3. The molecule has 2 saturated heterocycles. The molecule has 5 N–H and O–H groups in total. The fraction of sp³-hybridized carbons (Fsp3) is 0.550. The molecule has 1 aromatic rings. The highest BCUT2D eigenvalue weighted by molar-refractivity contribution is 5.76. The van der Waals surface area contributed by atoms with Gasteiger partial charge in [-0.25, -0.2) is 4.79 Å². The molecule has 3 amide bonds. The predicted octanol–water partition coefficient (Wildman–Crippen LogP) is -1.20. The molecule has 10 heteroatoms. The van der Waals surface area contributed by atoms with Crippen molar-refractivity contribution in [2.75, 3.05) is 65.4 Å². The molecule has 0 bridgehead atoms. The third-order valence-electron chi connectivity index (χ3n) is 4.80. The Morgan fingerprint density at radius 1 is 0.833 bits per heavy atom. The molecule has 10 nitrogen and oxygen atoms in total. The molecule has 0 aliphatic carbocycles. The fourth-order valence-corrected chi connectivity index (χ4v) is 3.21. The lowest BCUT2D eigenvalue weighted by Crippen LogP contribution is -2.50. The normalized spacial score (nSPS) is 17.5. The third kappa shape index (κ3) is 9.21. The number of primary amides is 2. The van der Waals surface area contributed by atoms with E-state index < -0.39 is 0 Å². The van der Waals surface area contributed by atoms with E-state index in [0.29, 0.717) is 32.7 Å². The van der Waals surface area contributed by atoms with E-state index in [1.54, 1.807) is 4.90 Å². The predicted molar refractivity (Wildman–Crippen MR) is 112 cm³/mol. The summed E-state index contributed by atoms with van der Waals surface area (Å²) in [6.07, 6.45) is -0.312. The molecule has 1 aromatic carbocycles. The van der Waals surface area contributed by atoms with E-state index in [2.05, 4.69) is 10.2 Å². The van der Waals surface area contributed by atoms with Crippen molar-refractivity contribution < 1.29 is 19.1 Å².